The third-order valence-electron chi connectivity index (χ3n) is 7.55. The molecule has 0 radical (unpaired) electrons. The Morgan fingerprint density at radius 3 is 2.30 bits per heavy atom. The molecule has 5 rings (SSSR count). The van der Waals surface area contributed by atoms with Gasteiger partial charge in [-0.3, -0.25) is 4.79 Å². The van der Waals surface area contributed by atoms with Crippen LogP contribution in [-0.2, 0) is 24.7 Å². The van der Waals surface area contributed by atoms with Gasteiger partial charge < -0.3 is 9.47 Å². The summed E-state index contributed by atoms with van der Waals surface area (Å²) in [4.78, 5) is 26.0. The summed E-state index contributed by atoms with van der Waals surface area (Å²) in [5.74, 6) is 0.388. The Morgan fingerprint density at radius 1 is 1.17 bits per heavy atom. The lowest BCUT2D eigenvalue weighted by atomic mass is 9.48. The molecule has 1 aromatic carbocycles. The molecule has 1 aromatic rings. The molecule has 0 spiro atoms. The Balaban J connectivity index is 1.59. The molecule has 0 aliphatic heterocycles. The standard InChI is InChI=1S/C25H31IO4/c1-5-23(4,19-6-8-20(26)9-7-19)30-22(28)24-11-17-10-18(12-24)14-25(13-17,15-24)29-21(27)16(2)3/h6-9,17-18H,2,5,10-15H2,1,3-4H3. The Hall–Kier alpha value is -1.37. The molecular formula is C25H31IO4. The Morgan fingerprint density at radius 2 is 1.77 bits per heavy atom. The highest BCUT2D eigenvalue weighted by Crippen LogP contribution is 2.63. The van der Waals surface area contributed by atoms with Crippen molar-refractivity contribution in [2.45, 2.75) is 76.9 Å². The molecule has 3 atom stereocenters. The van der Waals surface area contributed by atoms with Crippen molar-refractivity contribution in [3.05, 3.63) is 45.6 Å². The predicted molar refractivity (Wildman–Crippen MR) is 124 cm³/mol. The van der Waals surface area contributed by atoms with Gasteiger partial charge in [-0.05, 0) is 104 Å². The lowest BCUT2D eigenvalue weighted by Gasteiger charge is -2.60. The first kappa shape index (κ1) is 21.8. The van der Waals surface area contributed by atoms with Crippen LogP contribution in [0.25, 0.3) is 0 Å². The van der Waals surface area contributed by atoms with Crippen LogP contribution in [0.3, 0.4) is 0 Å². The van der Waals surface area contributed by atoms with Crippen molar-refractivity contribution >= 4 is 34.5 Å². The molecule has 30 heavy (non-hydrogen) atoms. The molecule has 0 amide bonds. The molecule has 3 unspecified atom stereocenters. The number of hydrogen-bond donors (Lipinski definition) is 0. The van der Waals surface area contributed by atoms with Crippen molar-refractivity contribution in [2.75, 3.05) is 0 Å². The zero-order valence-corrected chi connectivity index (χ0v) is 20.3. The van der Waals surface area contributed by atoms with Crippen molar-refractivity contribution in [1.29, 1.82) is 0 Å². The van der Waals surface area contributed by atoms with Crippen LogP contribution in [0.4, 0.5) is 0 Å². The van der Waals surface area contributed by atoms with Crippen LogP contribution >= 0.6 is 22.6 Å². The van der Waals surface area contributed by atoms with Gasteiger partial charge >= 0.3 is 11.9 Å². The number of benzene rings is 1. The molecular weight excluding hydrogens is 491 g/mol. The molecule has 4 bridgehead atoms. The van der Waals surface area contributed by atoms with Crippen LogP contribution in [0.15, 0.2) is 36.4 Å². The maximum Gasteiger partial charge on any atom is 0.333 e. The Labute approximate surface area is 192 Å². The zero-order chi connectivity index (χ0) is 21.7. The number of rotatable bonds is 6. The van der Waals surface area contributed by atoms with Gasteiger partial charge in [-0.25, -0.2) is 4.79 Å². The number of esters is 2. The molecule has 4 saturated carbocycles. The van der Waals surface area contributed by atoms with Gasteiger partial charge in [0.1, 0.15) is 11.2 Å². The minimum absolute atomic E-state index is 0.116. The number of carbonyl (C=O) groups excluding carboxylic acids is 2. The second-order valence-electron chi connectivity index (χ2n) is 10.1. The third kappa shape index (κ3) is 3.82. The van der Waals surface area contributed by atoms with Crippen LogP contribution in [0.1, 0.15) is 71.3 Å². The second kappa shape index (κ2) is 7.64. The van der Waals surface area contributed by atoms with E-state index in [-0.39, 0.29) is 11.9 Å². The van der Waals surface area contributed by atoms with Crippen molar-refractivity contribution in [3.63, 3.8) is 0 Å². The Kier molecular flexibility index (Phi) is 5.57. The summed E-state index contributed by atoms with van der Waals surface area (Å²) < 4.78 is 13.4. The van der Waals surface area contributed by atoms with Gasteiger partial charge in [0.05, 0.1) is 5.41 Å². The number of carbonyl (C=O) groups is 2. The van der Waals surface area contributed by atoms with Crippen LogP contribution < -0.4 is 0 Å². The van der Waals surface area contributed by atoms with E-state index in [1.54, 1.807) is 6.92 Å². The zero-order valence-electron chi connectivity index (χ0n) is 18.1. The highest BCUT2D eigenvalue weighted by molar-refractivity contribution is 14.1. The molecule has 0 heterocycles. The van der Waals surface area contributed by atoms with Gasteiger partial charge in [0.25, 0.3) is 0 Å². The van der Waals surface area contributed by atoms with Crippen molar-refractivity contribution in [1.82, 2.24) is 0 Å². The number of halogens is 1. The number of ether oxygens (including phenoxy) is 2. The van der Waals surface area contributed by atoms with E-state index >= 15 is 0 Å². The van der Waals surface area contributed by atoms with E-state index < -0.39 is 16.6 Å². The van der Waals surface area contributed by atoms with Crippen LogP contribution in [0, 0.1) is 20.8 Å². The van der Waals surface area contributed by atoms with Crippen molar-refractivity contribution in [3.8, 4) is 0 Å². The van der Waals surface area contributed by atoms with Gasteiger partial charge in [0, 0.05) is 15.6 Å². The average molecular weight is 522 g/mol. The smallest absolute Gasteiger partial charge is 0.333 e. The fourth-order valence-electron chi connectivity index (χ4n) is 6.27. The first-order valence-corrected chi connectivity index (χ1v) is 12.0. The lowest BCUT2D eigenvalue weighted by Crippen LogP contribution is -2.60. The quantitative estimate of drug-likeness (QED) is 0.265. The average Bonchev–Trinajstić information content (AvgIpc) is 2.66. The van der Waals surface area contributed by atoms with E-state index in [0.29, 0.717) is 30.3 Å². The summed E-state index contributed by atoms with van der Waals surface area (Å²) in [6.45, 7) is 9.48. The molecule has 4 aliphatic rings. The fourth-order valence-corrected chi connectivity index (χ4v) is 6.63. The van der Waals surface area contributed by atoms with E-state index in [4.69, 9.17) is 9.47 Å². The summed E-state index contributed by atoms with van der Waals surface area (Å²) in [7, 11) is 0. The normalized spacial score (nSPS) is 33.6. The first-order chi connectivity index (χ1) is 14.1. The Bertz CT molecular complexity index is 860. The van der Waals surface area contributed by atoms with Gasteiger partial charge in [0.2, 0.25) is 0 Å². The monoisotopic (exact) mass is 522 g/mol. The molecule has 162 valence electrons. The molecule has 4 nitrogen and oxygen atoms in total. The summed E-state index contributed by atoms with van der Waals surface area (Å²) in [5, 5.41) is 0. The van der Waals surface area contributed by atoms with Gasteiger partial charge in [0.15, 0.2) is 0 Å². The highest BCUT2D eigenvalue weighted by Gasteiger charge is 2.63. The van der Waals surface area contributed by atoms with E-state index in [0.717, 1.165) is 41.2 Å². The van der Waals surface area contributed by atoms with Crippen LogP contribution in [0.2, 0.25) is 0 Å². The first-order valence-electron chi connectivity index (χ1n) is 11.0. The van der Waals surface area contributed by atoms with E-state index in [2.05, 4.69) is 48.2 Å². The van der Waals surface area contributed by atoms with Crippen molar-refractivity contribution < 1.29 is 19.1 Å². The lowest BCUT2D eigenvalue weighted by molar-refractivity contribution is -0.217. The van der Waals surface area contributed by atoms with E-state index in [1.165, 1.54) is 0 Å². The SMILES string of the molecule is C=C(C)C(=O)OC12CC3CC(C1)CC(C(=O)OC(C)(CC)c1ccc(I)cc1)(C3)C2. The third-order valence-corrected chi connectivity index (χ3v) is 8.26. The highest BCUT2D eigenvalue weighted by atomic mass is 127. The molecule has 4 aliphatic carbocycles. The second-order valence-corrected chi connectivity index (χ2v) is 11.3. The molecule has 0 N–H and O–H groups in total. The molecule has 4 fully saturated rings. The maximum atomic E-state index is 13.7. The number of hydrogen-bond acceptors (Lipinski definition) is 4. The molecule has 0 saturated heterocycles. The fraction of sp³-hybridized carbons (Fsp3) is 0.600. The van der Waals surface area contributed by atoms with E-state index in [1.807, 2.05) is 19.1 Å². The predicted octanol–water partition coefficient (Wildman–Crippen LogP) is 5.92. The van der Waals surface area contributed by atoms with Crippen LogP contribution in [-0.4, -0.2) is 17.5 Å². The van der Waals surface area contributed by atoms with Crippen molar-refractivity contribution in [2.24, 2.45) is 17.3 Å². The molecule has 0 aromatic heterocycles. The van der Waals surface area contributed by atoms with Gasteiger partial charge in [-0.15, -0.1) is 0 Å². The summed E-state index contributed by atoms with van der Waals surface area (Å²) in [6, 6.07) is 8.20. The summed E-state index contributed by atoms with van der Waals surface area (Å²) in [6.07, 6.45) is 5.83. The van der Waals surface area contributed by atoms with E-state index in [9.17, 15) is 9.59 Å². The van der Waals surface area contributed by atoms with Crippen LogP contribution in [0.5, 0.6) is 0 Å². The summed E-state index contributed by atoms with van der Waals surface area (Å²) in [5.41, 5.74) is -0.303. The summed E-state index contributed by atoms with van der Waals surface area (Å²) >= 11 is 2.28. The minimum Gasteiger partial charge on any atom is -0.456 e. The largest absolute Gasteiger partial charge is 0.456 e. The topological polar surface area (TPSA) is 52.6 Å². The van der Waals surface area contributed by atoms with Gasteiger partial charge in [-0.1, -0.05) is 25.6 Å². The van der Waals surface area contributed by atoms with Gasteiger partial charge in [-0.2, -0.15) is 0 Å². The minimum atomic E-state index is -0.660. The molecule has 5 heteroatoms. The maximum absolute atomic E-state index is 13.7.